The van der Waals surface area contributed by atoms with Gasteiger partial charge in [0.15, 0.2) is 0 Å². The van der Waals surface area contributed by atoms with Crippen molar-refractivity contribution < 1.29 is 17.9 Å². The maximum absolute atomic E-state index is 13.3. The van der Waals surface area contributed by atoms with Crippen molar-refractivity contribution in [3.63, 3.8) is 0 Å². The molecule has 0 saturated heterocycles. The van der Waals surface area contributed by atoms with E-state index in [-0.39, 0.29) is 4.90 Å². The van der Waals surface area contributed by atoms with E-state index in [1.54, 1.807) is 42.5 Å². The van der Waals surface area contributed by atoms with Crippen LogP contribution in [0.3, 0.4) is 0 Å². The molecule has 30 heavy (non-hydrogen) atoms. The van der Waals surface area contributed by atoms with E-state index in [9.17, 15) is 13.2 Å². The van der Waals surface area contributed by atoms with Crippen LogP contribution in [0.5, 0.6) is 5.75 Å². The molecule has 0 heterocycles. The van der Waals surface area contributed by atoms with E-state index in [0.717, 1.165) is 4.31 Å². The molecule has 0 atom stereocenters. The van der Waals surface area contributed by atoms with Gasteiger partial charge in [-0.15, -0.1) is 0 Å². The van der Waals surface area contributed by atoms with Crippen LogP contribution in [-0.4, -0.2) is 28.0 Å². The van der Waals surface area contributed by atoms with Gasteiger partial charge >= 0.3 is 0 Å². The lowest BCUT2D eigenvalue weighted by Gasteiger charge is -2.24. The monoisotopic (exact) mass is 464 g/mol. The number of carbonyl (C=O) groups is 1. The highest BCUT2D eigenvalue weighted by atomic mass is 35.5. The second kappa shape index (κ2) is 9.38. The quantitative estimate of drug-likeness (QED) is 0.542. The number of ether oxygens (including phenoxy) is 1. The van der Waals surface area contributed by atoms with Crippen LogP contribution in [0, 0.1) is 0 Å². The summed E-state index contributed by atoms with van der Waals surface area (Å²) in [5, 5.41) is 3.33. The average molecular weight is 465 g/mol. The summed E-state index contributed by atoms with van der Waals surface area (Å²) in [4.78, 5) is 12.8. The minimum absolute atomic E-state index is 0.0689. The van der Waals surface area contributed by atoms with Crippen LogP contribution in [0.15, 0.2) is 77.7 Å². The Morgan fingerprint density at radius 2 is 1.57 bits per heavy atom. The molecule has 3 rings (SSSR count). The van der Waals surface area contributed by atoms with Gasteiger partial charge in [0.25, 0.3) is 10.0 Å². The molecule has 0 aliphatic carbocycles. The molecule has 0 aliphatic heterocycles. The first-order valence-electron chi connectivity index (χ1n) is 8.77. The SMILES string of the molecule is COc1ccc(N(CC(=O)Nc2cc(Cl)cc(Cl)c2)S(=O)(=O)c2ccccc2)cc1. The molecule has 0 fully saturated rings. The zero-order valence-corrected chi connectivity index (χ0v) is 18.2. The van der Waals surface area contributed by atoms with Crippen molar-refractivity contribution >= 4 is 50.5 Å². The minimum Gasteiger partial charge on any atom is -0.497 e. The van der Waals surface area contributed by atoms with Crippen LogP contribution in [0.4, 0.5) is 11.4 Å². The van der Waals surface area contributed by atoms with Crippen LogP contribution in [0.25, 0.3) is 0 Å². The predicted molar refractivity (Wildman–Crippen MR) is 119 cm³/mol. The molecule has 0 spiro atoms. The van der Waals surface area contributed by atoms with E-state index in [2.05, 4.69) is 5.32 Å². The van der Waals surface area contributed by atoms with Gasteiger partial charge in [-0.05, 0) is 54.6 Å². The molecule has 0 radical (unpaired) electrons. The molecule has 1 amide bonds. The number of rotatable bonds is 7. The van der Waals surface area contributed by atoms with Gasteiger partial charge in [-0.2, -0.15) is 0 Å². The molecule has 156 valence electrons. The van der Waals surface area contributed by atoms with E-state index in [4.69, 9.17) is 27.9 Å². The van der Waals surface area contributed by atoms with Gasteiger partial charge in [-0.3, -0.25) is 9.10 Å². The molecule has 0 saturated carbocycles. The standard InChI is InChI=1S/C21H18Cl2N2O4S/c1-29-19-9-7-18(8-10-19)25(30(27,28)20-5-3-2-4-6-20)14-21(26)24-17-12-15(22)11-16(23)13-17/h2-13H,14H2,1H3,(H,24,26). The average Bonchev–Trinajstić information content (AvgIpc) is 2.72. The maximum atomic E-state index is 13.3. The Morgan fingerprint density at radius 3 is 2.13 bits per heavy atom. The molecule has 0 aromatic heterocycles. The Bertz CT molecular complexity index is 1120. The third-order valence-electron chi connectivity index (χ3n) is 4.13. The first-order valence-corrected chi connectivity index (χ1v) is 11.0. The predicted octanol–water partition coefficient (Wildman–Crippen LogP) is 4.84. The molecule has 3 aromatic rings. The molecule has 6 nitrogen and oxygen atoms in total. The number of sulfonamides is 1. The highest BCUT2D eigenvalue weighted by molar-refractivity contribution is 7.92. The summed E-state index contributed by atoms with van der Waals surface area (Å²) in [5.41, 5.74) is 0.684. The number of hydrogen-bond donors (Lipinski definition) is 1. The summed E-state index contributed by atoms with van der Waals surface area (Å²) >= 11 is 11.9. The summed E-state index contributed by atoms with van der Waals surface area (Å²) in [6.45, 7) is -0.451. The molecule has 0 aliphatic rings. The third kappa shape index (κ3) is 5.24. The number of nitrogens with one attached hydrogen (secondary N) is 1. The Hall–Kier alpha value is -2.74. The first kappa shape index (κ1) is 22.0. The van der Waals surface area contributed by atoms with Gasteiger partial charge < -0.3 is 10.1 Å². The highest BCUT2D eigenvalue weighted by Crippen LogP contribution is 2.26. The van der Waals surface area contributed by atoms with Crippen molar-refractivity contribution in [1.29, 1.82) is 0 Å². The normalized spacial score (nSPS) is 11.0. The minimum atomic E-state index is -4.00. The van der Waals surface area contributed by atoms with Crippen LogP contribution in [-0.2, 0) is 14.8 Å². The van der Waals surface area contributed by atoms with Crippen LogP contribution < -0.4 is 14.4 Å². The van der Waals surface area contributed by atoms with E-state index in [1.807, 2.05) is 0 Å². The molecule has 0 unspecified atom stereocenters. The van der Waals surface area contributed by atoms with Crippen molar-refractivity contribution in [2.45, 2.75) is 4.90 Å². The van der Waals surface area contributed by atoms with Gasteiger partial charge in [0.1, 0.15) is 12.3 Å². The van der Waals surface area contributed by atoms with E-state index in [0.29, 0.717) is 27.2 Å². The van der Waals surface area contributed by atoms with Crippen molar-refractivity contribution in [2.75, 3.05) is 23.3 Å². The zero-order valence-electron chi connectivity index (χ0n) is 15.9. The third-order valence-corrected chi connectivity index (χ3v) is 6.35. The van der Waals surface area contributed by atoms with Crippen LogP contribution in [0.2, 0.25) is 10.0 Å². The number of anilines is 2. The Balaban J connectivity index is 1.93. The fourth-order valence-electron chi connectivity index (χ4n) is 2.74. The van der Waals surface area contributed by atoms with Crippen molar-refractivity contribution in [3.05, 3.63) is 82.8 Å². The topological polar surface area (TPSA) is 75.7 Å². The van der Waals surface area contributed by atoms with Gasteiger partial charge in [0.05, 0.1) is 17.7 Å². The van der Waals surface area contributed by atoms with E-state index in [1.165, 1.54) is 37.4 Å². The van der Waals surface area contributed by atoms with Crippen LogP contribution in [0.1, 0.15) is 0 Å². The van der Waals surface area contributed by atoms with Gasteiger partial charge in [-0.25, -0.2) is 8.42 Å². The van der Waals surface area contributed by atoms with E-state index >= 15 is 0 Å². The lowest BCUT2D eigenvalue weighted by molar-refractivity contribution is -0.114. The zero-order chi connectivity index (χ0) is 21.7. The number of amides is 1. The highest BCUT2D eigenvalue weighted by Gasteiger charge is 2.27. The molecule has 9 heteroatoms. The fourth-order valence-corrected chi connectivity index (χ4v) is 4.71. The molecular weight excluding hydrogens is 447 g/mol. The number of hydrogen-bond acceptors (Lipinski definition) is 4. The van der Waals surface area contributed by atoms with Gasteiger partial charge in [0.2, 0.25) is 5.91 Å². The number of halogens is 2. The van der Waals surface area contributed by atoms with E-state index < -0.39 is 22.5 Å². The fraction of sp³-hybridized carbons (Fsp3) is 0.0952. The molecule has 1 N–H and O–H groups in total. The Labute approximate surface area is 185 Å². The largest absolute Gasteiger partial charge is 0.497 e. The van der Waals surface area contributed by atoms with Crippen molar-refractivity contribution in [1.82, 2.24) is 0 Å². The second-order valence-corrected chi connectivity index (χ2v) is 8.96. The number of methoxy groups -OCH3 is 1. The number of nitrogens with zero attached hydrogens (tertiary/aromatic N) is 1. The summed E-state index contributed by atoms with van der Waals surface area (Å²) in [7, 11) is -2.49. The first-order chi connectivity index (χ1) is 14.3. The molecule has 3 aromatic carbocycles. The Morgan fingerprint density at radius 1 is 0.967 bits per heavy atom. The van der Waals surface area contributed by atoms with Gasteiger partial charge in [-0.1, -0.05) is 41.4 Å². The molecular formula is C21H18Cl2N2O4S. The summed E-state index contributed by atoms with van der Waals surface area (Å²) < 4.78 is 32.7. The smallest absolute Gasteiger partial charge is 0.264 e. The maximum Gasteiger partial charge on any atom is 0.264 e. The molecule has 0 bridgehead atoms. The lowest BCUT2D eigenvalue weighted by Crippen LogP contribution is -2.38. The lowest BCUT2D eigenvalue weighted by atomic mass is 10.3. The summed E-state index contributed by atoms with van der Waals surface area (Å²) in [6, 6.07) is 18.9. The second-order valence-electron chi connectivity index (χ2n) is 6.23. The summed E-state index contributed by atoms with van der Waals surface area (Å²) in [6.07, 6.45) is 0. The van der Waals surface area contributed by atoms with Crippen molar-refractivity contribution in [2.24, 2.45) is 0 Å². The van der Waals surface area contributed by atoms with Crippen LogP contribution >= 0.6 is 23.2 Å². The van der Waals surface area contributed by atoms with Crippen molar-refractivity contribution in [3.8, 4) is 5.75 Å². The van der Waals surface area contributed by atoms with Gasteiger partial charge in [0, 0.05) is 15.7 Å². The Kier molecular flexibility index (Phi) is 6.87. The number of carbonyl (C=O) groups excluding carboxylic acids is 1. The summed E-state index contributed by atoms with van der Waals surface area (Å²) in [5.74, 6) is 0.0116. The number of benzene rings is 3.